The molecule has 0 spiro atoms. The van der Waals surface area contributed by atoms with Crippen LogP contribution in [0.25, 0.3) is 0 Å². The first kappa shape index (κ1) is 15.8. The molecule has 116 valence electrons. The molecule has 5 nitrogen and oxygen atoms in total. The highest BCUT2D eigenvalue weighted by Gasteiger charge is 2.35. The second-order valence-corrected chi connectivity index (χ2v) is 5.54. The van der Waals surface area contributed by atoms with Crippen LogP contribution in [0.4, 0.5) is 5.69 Å². The second-order valence-electron chi connectivity index (χ2n) is 5.54. The Kier molecular flexibility index (Phi) is 5.59. The van der Waals surface area contributed by atoms with Gasteiger partial charge in [0.25, 0.3) is 0 Å². The predicted molar refractivity (Wildman–Crippen MR) is 82.4 cm³/mol. The maximum absolute atomic E-state index is 12.4. The third-order valence-electron chi connectivity index (χ3n) is 3.85. The molecular weight excluding hydrogens is 268 g/mol. The Balaban J connectivity index is 1.95. The van der Waals surface area contributed by atoms with E-state index in [4.69, 9.17) is 15.2 Å². The maximum Gasteiger partial charge on any atom is 0.244 e. The van der Waals surface area contributed by atoms with E-state index in [0.29, 0.717) is 24.7 Å². The van der Waals surface area contributed by atoms with Gasteiger partial charge >= 0.3 is 0 Å². The Morgan fingerprint density at radius 2 is 2.05 bits per heavy atom. The number of anilines is 1. The highest BCUT2D eigenvalue weighted by molar-refractivity contribution is 5.98. The number of nitrogens with one attached hydrogen (secondary N) is 1. The van der Waals surface area contributed by atoms with E-state index in [0.717, 1.165) is 32.1 Å². The number of nitrogens with two attached hydrogens (primary N) is 1. The van der Waals surface area contributed by atoms with Crippen molar-refractivity contribution >= 4 is 11.6 Å². The van der Waals surface area contributed by atoms with Crippen LogP contribution in [0.15, 0.2) is 24.3 Å². The average molecular weight is 292 g/mol. The lowest BCUT2D eigenvalue weighted by Gasteiger charge is -2.31. The van der Waals surface area contributed by atoms with Gasteiger partial charge in [0, 0.05) is 18.9 Å². The van der Waals surface area contributed by atoms with E-state index in [1.807, 2.05) is 18.2 Å². The molecule has 0 aromatic heterocycles. The molecule has 0 unspecified atom stereocenters. The molecule has 1 amide bonds. The van der Waals surface area contributed by atoms with Gasteiger partial charge < -0.3 is 20.5 Å². The molecule has 1 aliphatic rings. The van der Waals surface area contributed by atoms with Crippen LogP contribution in [0.3, 0.4) is 0 Å². The van der Waals surface area contributed by atoms with Crippen molar-refractivity contribution < 1.29 is 14.3 Å². The molecule has 3 N–H and O–H groups in total. The molecule has 1 fully saturated rings. The summed E-state index contributed by atoms with van der Waals surface area (Å²) in [5, 5.41) is 2.91. The molecule has 21 heavy (non-hydrogen) atoms. The lowest BCUT2D eigenvalue weighted by atomic mass is 9.82. The van der Waals surface area contributed by atoms with E-state index in [1.165, 1.54) is 0 Å². The fourth-order valence-electron chi connectivity index (χ4n) is 2.57. The number of hydrogen-bond donors (Lipinski definition) is 2. The SMILES string of the molecule is COCCOc1cccc(NC(=O)C2(N)CCCCC2)c1. The Morgan fingerprint density at radius 3 is 2.76 bits per heavy atom. The quantitative estimate of drug-likeness (QED) is 0.789. The minimum Gasteiger partial charge on any atom is -0.491 e. The Hall–Kier alpha value is -1.59. The minimum absolute atomic E-state index is 0.101. The number of amides is 1. The van der Waals surface area contributed by atoms with Gasteiger partial charge in [0.1, 0.15) is 12.4 Å². The Bertz CT molecular complexity index is 470. The molecule has 0 atom stereocenters. The summed E-state index contributed by atoms with van der Waals surface area (Å²) < 4.78 is 10.5. The minimum atomic E-state index is -0.731. The summed E-state index contributed by atoms with van der Waals surface area (Å²) in [6.07, 6.45) is 4.70. The van der Waals surface area contributed by atoms with Crippen molar-refractivity contribution in [3.8, 4) is 5.75 Å². The van der Waals surface area contributed by atoms with E-state index < -0.39 is 5.54 Å². The summed E-state index contributed by atoms with van der Waals surface area (Å²) in [6.45, 7) is 1.01. The lowest BCUT2D eigenvalue weighted by molar-refractivity contribution is -0.122. The number of carbonyl (C=O) groups is 1. The highest BCUT2D eigenvalue weighted by atomic mass is 16.5. The van der Waals surface area contributed by atoms with E-state index >= 15 is 0 Å². The first-order valence-electron chi connectivity index (χ1n) is 7.46. The molecule has 1 aromatic rings. The fourth-order valence-corrected chi connectivity index (χ4v) is 2.57. The summed E-state index contributed by atoms with van der Waals surface area (Å²) in [7, 11) is 1.63. The summed E-state index contributed by atoms with van der Waals surface area (Å²) >= 11 is 0. The van der Waals surface area contributed by atoms with Crippen LogP contribution in [0, 0.1) is 0 Å². The average Bonchev–Trinajstić information content (AvgIpc) is 2.49. The van der Waals surface area contributed by atoms with Crippen molar-refractivity contribution in [2.75, 3.05) is 25.6 Å². The maximum atomic E-state index is 12.4. The van der Waals surface area contributed by atoms with Gasteiger partial charge in [-0.1, -0.05) is 25.3 Å². The van der Waals surface area contributed by atoms with Crippen LogP contribution < -0.4 is 15.8 Å². The van der Waals surface area contributed by atoms with Crippen molar-refractivity contribution in [2.45, 2.75) is 37.6 Å². The van der Waals surface area contributed by atoms with Crippen LogP contribution in [0.1, 0.15) is 32.1 Å². The van der Waals surface area contributed by atoms with Crippen molar-refractivity contribution in [3.63, 3.8) is 0 Å². The molecule has 0 aliphatic heterocycles. The van der Waals surface area contributed by atoms with E-state index in [9.17, 15) is 4.79 Å². The lowest BCUT2D eigenvalue weighted by Crippen LogP contribution is -2.52. The molecule has 1 aromatic carbocycles. The zero-order valence-electron chi connectivity index (χ0n) is 12.6. The van der Waals surface area contributed by atoms with Gasteiger partial charge in [-0.2, -0.15) is 0 Å². The zero-order valence-corrected chi connectivity index (χ0v) is 12.6. The molecule has 0 heterocycles. The summed E-state index contributed by atoms with van der Waals surface area (Å²) in [4.78, 5) is 12.4. The standard InChI is InChI=1S/C16H24N2O3/c1-20-10-11-21-14-7-5-6-13(12-14)18-15(19)16(17)8-3-2-4-9-16/h5-7,12H,2-4,8-11,17H2,1H3,(H,18,19). The number of ether oxygens (including phenoxy) is 2. The van der Waals surface area contributed by atoms with Crippen LogP contribution in [-0.4, -0.2) is 31.8 Å². The third kappa shape index (κ3) is 4.44. The van der Waals surface area contributed by atoms with Crippen LogP contribution in [0.2, 0.25) is 0 Å². The summed E-state index contributed by atoms with van der Waals surface area (Å²) in [5.41, 5.74) is 6.21. The normalized spacial score (nSPS) is 17.2. The largest absolute Gasteiger partial charge is 0.491 e. The van der Waals surface area contributed by atoms with Gasteiger partial charge in [0.15, 0.2) is 0 Å². The molecular formula is C16H24N2O3. The van der Waals surface area contributed by atoms with Gasteiger partial charge in [-0.3, -0.25) is 4.79 Å². The van der Waals surface area contributed by atoms with Crippen LogP contribution in [-0.2, 0) is 9.53 Å². The van der Waals surface area contributed by atoms with Gasteiger partial charge in [-0.25, -0.2) is 0 Å². The molecule has 0 bridgehead atoms. The van der Waals surface area contributed by atoms with E-state index in [1.54, 1.807) is 13.2 Å². The van der Waals surface area contributed by atoms with E-state index in [2.05, 4.69) is 5.32 Å². The van der Waals surface area contributed by atoms with Gasteiger partial charge in [0.2, 0.25) is 5.91 Å². The Labute approximate surface area is 125 Å². The van der Waals surface area contributed by atoms with Gasteiger partial charge in [-0.15, -0.1) is 0 Å². The number of methoxy groups -OCH3 is 1. The smallest absolute Gasteiger partial charge is 0.244 e. The molecule has 0 saturated heterocycles. The molecule has 5 heteroatoms. The number of rotatable bonds is 6. The first-order chi connectivity index (χ1) is 10.1. The summed E-state index contributed by atoms with van der Waals surface area (Å²) in [6, 6.07) is 7.35. The van der Waals surface area contributed by atoms with Crippen LogP contribution in [0.5, 0.6) is 5.75 Å². The van der Waals surface area contributed by atoms with Crippen LogP contribution >= 0.6 is 0 Å². The van der Waals surface area contributed by atoms with Crippen molar-refractivity contribution in [1.82, 2.24) is 0 Å². The fraction of sp³-hybridized carbons (Fsp3) is 0.562. The molecule has 2 rings (SSSR count). The van der Waals surface area contributed by atoms with Crippen molar-refractivity contribution in [1.29, 1.82) is 0 Å². The topological polar surface area (TPSA) is 73.6 Å². The number of benzene rings is 1. The first-order valence-corrected chi connectivity index (χ1v) is 7.46. The number of hydrogen-bond acceptors (Lipinski definition) is 4. The number of carbonyl (C=O) groups excluding carboxylic acids is 1. The summed E-state index contributed by atoms with van der Waals surface area (Å²) in [5.74, 6) is 0.607. The van der Waals surface area contributed by atoms with Gasteiger partial charge in [-0.05, 0) is 25.0 Å². The van der Waals surface area contributed by atoms with Crippen molar-refractivity contribution in [2.24, 2.45) is 5.73 Å². The molecule has 0 radical (unpaired) electrons. The molecule has 1 aliphatic carbocycles. The highest BCUT2D eigenvalue weighted by Crippen LogP contribution is 2.27. The molecule has 1 saturated carbocycles. The third-order valence-corrected chi connectivity index (χ3v) is 3.85. The second kappa shape index (κ2) is 7.43. The predicted octanol–water partition coefficient (Wildman–Crippen LogP) is 2.31. The van der Waals surface area contributed by atoms with Crippen molar-refractivity contribution in [3.05, 3.63) is 24.3 Å². The van der Waals surface area contributed by atoms with Gasteiger partial charge in [0.05, 0.1) is 12.1 Å². The Morgan fingerprint density at radius 1 is 1.29 bits per heavy atom. The van der Waals surface area contributed by atoms with E-state index in [-0.39, 0.29) is 5.91 Å². The zero-order chi connectivity index (χ0) is 15.1. The monoisotopic (exact) mass is 292 g/mol.